The summed E-state index contributed by atoms with van der Waals surface area (Å²) in [5.74, 6) is 1.66. The zero-order valence-electron chi connectivity index (χ0n) is 12.9. The van der Waals surface area contributed by atoms with Gasteiger partial charge in [-0.3, -0.25) is 0 Å². The first-order chi connectivity index (χ1) is 8.90. The van der Waals surface area contributed by atoms with Crippen LogP contribution in [0.15, 0.2) is 18.3 Å². The summed E-state index contributed by atoms with van der Waals surface area (Å²) >= 11 is 0. The molecule has 0 radical (unpaired) electrons. The second-order valence-corrected chi connectivity index (χ2v) is 5.88. The minimum absolute atomic E-state index is 0.0434. The molecule has 0 unspecified atom stereocenters. The lowest BCUT2D eigenvalue weighted by Crippen LogP contribution is -2.35. The number of rotatable bonds is 7. The topological polar surface area (TPSA) is 45.4 Å². The largest absolute Gasteiger partial charge is 0.355 e. The van der Waals surface area contributed by atoms with Crippen molar-refractivity contribution in [3.05, 3.63) is 23.9 Å². The highest BCUT2D eigenvalue weighted by Crippen LogP contribution is 2.16. The summed E-state index contributed by atoms with van der Waals surface area (Å²) in [4.78, 5) is 9.10. The van der Waals surface area contributed by atoms with E-state index < -0.39 is 0 Å². The van der Waals surface area contributed by atoms with Gasteiger partial charge in [0.1, 0.15) is 5.82 Å². The van der Waals surface area contributed by atoms with Gasteiger partial charge >= 0.3 is 0 Å². The Hall–Kier alpha value is -1.13. The highest BCUT2D eigenvalue weighted by atomic mass is 15.2. The summed E-state index contributed by atoms with van der Waals surface area (Å²) in [5, 5.41) is 0. The predicted molar refractivity (Wildman–Crippen MR) is 82.4 cm³/mol. The Morgan fingerprint density at radius 1 is 1.16 bits per heavy atom. The molecule has 4 heteroatoms. The van der Waals surface area contributed by atoms with Crippen molar-refractivity contribution in [1.82, 2.24) is 9.88 Å². The number of likely N-dealkylation sites (N-methyl/N-ethyl adjacent to an activating group) is 1. The number of hydrogen-bond donors (Lipinski definition) is 1. The predicted octanol–water partition coefficient (Wildman–Crippen LogP) is 2.13. The van der Waals surface area contributed by atoms with Crippen LogP contribution < -0.4 is 10.6 Å². The normalized spacial score (nSPS) is 13.1. The fraction of sp³-hybridized carbons (Fsp3) is 0.667. The smallest absolute Gasteiger partial charge is 0.128 e. The van der Waals surface area contributed by atoms with E-state index in [1.165, 1.54) is 0 Å². The Labute approximate surface area is 117 Å². The fourth-order valence-corrected chi connectivity index (χ4v) is 1.91. The van der Waals surface area contributed by atoms with Crippen LogP contribution in [0.5, 0.6) is 0 Å². The molecule has 0 saturated carbocycles. The van der Waals surface area contributed by atoms with Crippen molar-refractivity contribution in [3.8, 4) is 0 Å². The summed E-state index contributed by atoms with van der Waals surface area (Å²) in [6.07, 6.45) is 1.89. The molecule has 0 bridgehead atoms. The van der Waals surface area contributed by atoms with Crippen LogP contribution in [0.4, 0.5) is 5.82 Å². The third-order valence-corrected chi connectivity index (χ3v) is 3.02. The van der Waals surface area contributed by atoms with Crippen molar-refractivity contribution < 1.29 is 0 Å². The van der Waals surface area contributed by atoms with Gasteiger partial charge in [-0.05, 0) is 38.6 Å². The molecule has 1 rings (SSSR count). The van der Waals surface area contributed by atoms with Gasteiger partial charge in [-0.2, -0.15) is 0 Å². The molecular weight excluding hydrogens is 236 g/mol. The zero-order valence-corrected chi connectivity index (χ0v) is 12.9. The first-order valence-corrected chi connectivity index (χ1v) is 7.01. The van der Waals surface area contributed by atoms with Crippen molar-refractivity contribution in [2.75, 3.05) is 38.6 Å². The maximum absolute atomic E-state index is 5.86. The van der Waals surface area contributed by atoms with Crippen LogP contribution in [-0.4, -0.2) is 43.6 Å². The lowest BCUT2D eigenvalue weighted by Gasteiger charge is -2.27. The Morgan fingerprint density at radius 3 is 2.26 bits per heavy atom. The molecule has 1 aromatic heterocycles. The van der Waals surface area contributed by atoms with Gasteiger partial charge in [0.15, 0.2) is 0 Å². The molecular formula is C15H28N4. The summed E-state index contributed by atoms with van der Waals surface area (Å²) in [6.45, 7) is 9.50. The van der Waals surface area contributed by atoms with Gasteiger partial charge in [-0.1, -0.05) is 19.9 Å². The first-order valence-electron chi connectivity index (χ1n) is 7.01. The van der Waals surface area contributed by atoms with E-state index in [-0.39, 0.29) is 6.04 Å². The summed E-state index contributed by atoms with van der Waals surface area (Å²) < 4.78 is 0. The number of aromatic nitrogens is 1. The van der Waals surface area contributed by atoms with Gasteiger partial charge in [0.05, 0.1) is 0 Å². The van der Waals surface area contributed by atoms with Gasteiger partial charge in [-0.15, -0.1) is 0 Å². The van der Waals surface area contributed by atoms with E-state index in [0.29, 0.717) is 5.92 Å². The Bertz CT molecular complexity index is 357. The van der Waals surface area contributed by atoms with Crippen LogP contribution in [0.2, 0.25) is 0 Å². The Balaban J connectivity index is 2.77. The number of pyridine rings is 1. The standard InChI is InChI=1S/C15H28N4/c1-12(2)11-19(9-8-18(4)5)15-7-6-14(10-17-15)13(3)16/h6-7,10,12-13H,8-9,11,16H2,1-5H3/t13-/m1/s1. The highest BCUT2D eigenvalue weighted by Gasteiger charge is 2.10. The molecule has 1 atom stereocenters. The summed E-state index contributed by atoms with van der Waals surface area (Å²) in [7, 11) is 4.19. The first kappa shape index (κ1) is 15.9. The maximum Gasteiger partial charge on any atom is 0.128 e. The lowest BCUT2D eigenvalue weighted by atomic mass is 10.1. The Kier molecular flexibility index (Phi) is 6.25. The van der Waals surface area contributed by atoms with E-state index in [0.717, 1.165) is 31.0 Å². The minimum Gasteiger partial charge on any atom is -0.355 e. The van der Waals surface area contributed by atoms with Gasteiger partial charge in [0.25, 0.3) is 0 Å². The van der Waals surface area contributed by atoms with E-state index in [4.69, 9.17) is 5.73 Å². The van der Waals surface area contributed by atoms with Crippen molar-refractivity contribution in [3.63, 3.8) is 0 Å². The Morgan fingerprint density at radius 2 is 1.84 bits per heavy atom. The average Bonchev–Trinajstić information content (AvgIpc) is 2.34. The molecule has 0 aliphatic rings. The number of nitrogens with two attached hydrogens (primary N) is 1. The number of anilines is 1. The van der Waals surface area contributed by atoms with Crippen LogP contribution in [0.1, 0.15) is 32.4 Å². The quantitative estimate of drug-likeness (QED) is 0.819. The van der Waals surface area contributed by atoms with E-state index in [9.17, 15) is 0 Å². The summed E-state index contributed by atoms with van der Waals surface area (Å²) in [6, 6.07) is 4.20. The molecule has 2 N–H and O–H groups in total. The molecule has 108 valence electrons. The van der Waals surface area contributed by atoms with Crippen molar-refractivity contribution in [2.45, 2.75) is 26.8 Å². The monoisotopic (exact) mass is 264 g/mol. The second-order valence-electron chi connectivity index (χ2n) is 5.88. The molecule has 0 spiro atoms. The van der Waals surface area contributed by atoms with Crippen LogP contribution in [0.3, 0.4) is 0 Å². The van der Waals surface area contributed by atoms with Crippen LogP contribution in [0.25, 0.3) is 0 Å². The average molecular weight is 264 g/mol. The molecule has 19 heavy (non-hydrogen) atoms. The molecule has 1 aromatic rings. The third kappa shape index (κ3) is 5.57. The molecule has 0 aliphatic carbocycles. The van der Waals surface area contributed by atoms with Gasteiger partial charge in [-0.25, -0.2) is 4.98 Å². The molecule has 4 nitrogen and oxygen atoms in total. The number of nitrogens with zero attached hydrogens (tertiary/aromatic N) is 3. The molecule has 0 fully saturated rings. The molecule has 0 amide bonds. The molecule has 1 heterocycles. The second kappa shape index (κ2) is 7.46. The van der Waals surface area contributed by atoms with E-state index in [1.54, 1.807) is 0 Å². The molecule has 0 aliphatic heterocycles. The maximum atomic E-state index is 5.86. The van der Waals surface area contributed by atoms with Gasteiger partial charge in [0, 0.05) is 31.9 Å². The zero-order chi connectivity index (χ0) is 14.4. The SMILES string of the molecule is CC(C)CN(CCN(C)C)c1ccc([C@@H](C)N)cn1. The molecule has 0 saturated heterocycles. The van der Waals surface area contributed by atoms with Crippen LogP contribution in [0, 0.1) is 5.92 Å². The van der Waals surface area contributed by atoms with Gasteiger partial charge in [0.2, 0.25) is 0 Å². The van der Waals surface area contributed by atoms with Crippen LogP contribution in [-0.2, 0) is 0 Å². The summed E-state index contributed by atoms with van der Waals surface area (Å²) in [5.41, 5.74) is 6.94. The van der Waals surface area contributed by atoms with E-state index >= 15 is 0 Å². The highest BCUT2D eigenvalue weighted by molar-refractivity contribution is 5.39. The lowest BCUT2D eigenvalue weighted by molar-refractivity contribution is 0.408. The van der Waals surface area contributed by atoms with Crippen molar-refractivity contribution in [1.29, 1.82) is 0 Å². The van der Waals surface area contributed by atoms with E-state index in [2.05, 4.69) is 54.9 Å². The van der Waals surface area contributed by atoms with Crippen molar-refractivity contribution >= 4 is 5.82 Å². The third-order valence-electron chi connectivity index (χ3n) is 3.02. The number of hydrogen-bond acceptors (Lipinski definition) is 4. The van der Waals surface area contributed by atoms with Gasteiger partial charge < -0.3 is 15.5 Å². The molecule has 0 aromatic carbocycles. The van der Waals surface area contributed by atoms with Crippen LogP contribution >= 0.6 is 0 Å². The van der Waals surface area contributed by atoms with E-state index in [1.807, 2.05) is 13.1 Å². The van der Waals surface area contributed by atoms with Crippen molar-refractivity contribution in [2.24, 2.45) is 11.7 Å². The fourth-order valence-electron chi connectivity index (χ4n) is 1.91. The minimum atomic E-state index is 0.0434.